The van der Waals surface area contributed by atoms with Crippen LogP contribution in [0.4, 0.5) is 4.39 Å². The van der Waals surface area contributed by atoms with E-state index < -0.39 is 5.95 Å². The van der Waals surface area contributed by atoms with Gasteiger partial charge >= 0.3 is 0 Å². The largest absolute Gasteiger partial charge is 0.356 e. The van der Waals surface area contributed by atoms with Crippen molar-refractivity contribution >= 4 is 33.9 Å². The van der Waals surface area contributed by atoms with E-state index in [0.29, 0.717) is 56.6 Å². The smallest absolute Gasteiger partial charge is 0.254 e. The lowest BCUT2D eigenvalue weighted by Crippen LogP contribution is -2.30. The van der Waals surface area contributed by atoms with Crippen molar-refractivity contribution < 1.29 is 8.91 Å². The monoisotopic (exact) mass is 540 g/mol. The molecule has 12 heteroatoms. The minimum absolute atomic E-state index is 0.113. The molecule has 5 heterocycles. The predicted octanol–water partition coefficient (Wildman–Crippen LogP) is 4.83. The highest BCUT2D eigenvalue weighted by Crippen LogP contribution is 2.60. The number of tetrazole rings is 1. The van der Waals surface area contributed by atoms with Crippen molar-refractivity contribution in [2.24, 2.45) is 10.9 Å². The number of rotatable bonds is 4. The van der Waals surface area contributed by atoms with E-state index in [1.165, 1.54) is 17.1 Å². The Balaban J connectivity index is 1.16. The first-order chi connectivity index (χ1) is 19.0. The Bertz CT molecular complexity index is 1960. The van der Waals surface area contributed by atoms with Gasteiger partial charge < -0.3 is 4.52 Å². The van der Waals surface area contributed by atoms with Gasteiger partial charge in [0.15, 0.2) is 5.58 Å². The summed E-state index contributed by atoms with van der Waals surface area (Å²) >= 11 is 6.31. The average molecular weight is 541 g/mol. The van der Waals surface area contributed by atoms with E-state index >= 15 is 4.39 Å². The van der Waals surface area contributed by atoms with E-state index in [4.69, 9.17) is 21.1 Å². The highest BCUT2D eigenvalue weighted by atomic mass is 35.5. The highest BCUT2D eigenvalue weighted by Gasteiger charge is 2.56. The molecule has 3 atom stereocenters. The third-order valence-corrected chi connectivity index (χ3v) is 8.09. The summed E-state index contributed by atoms with van der Waals surface area (Å²) in [6.07, 6.45) is 2.65. The molecule has 192 valence electrons. The van der Waals surface area contributed by atoms with Crippen LogP contribution in [-0.4, -0.2) is 40.6 Å². The van der Waals surface area contributed by atoms with Crippen LogP contribution in [0.1, 0.15) is 41.9 Å². The van der Waals surface area contributed by atoms with Gasteiger partial charge in [0.05, 0.1) is 23.1 Å². The molecule has 10 nitrogen and oxygen atoms in total. The molecule has 1 fully saturated rings. The molecule has 1 aliphatic carbocycles. The minimum Gasteiger partial charge on any atom is -0.356 e. The number of benzene rings is 2. The number of fused-ring (bicyclic) bond motifs is 4. The number of aryl methyl sites for hydroxylation is 1. The van der Waals surface area contributed by atoms with Crippen LogP contribution in [0.2, 0.25) is 5.02 Å². The normalized spacial score (nSPS) is 21.4. The summed E-state index contributed by atoms with van der Waals surface area (Å²) in [7, 11) is 0. The van der Waals surface area contributed by atoms with Crippen molar-refractivity contribution in [1.82, 2.24) is 34.9 Å². The Morgan fingerprint density at radius 3 is 2.90 bits per heavy atom. The fourth-order valence-corrected chi connectivity index (χ4v) is 6.12. The van der Waals surface area contributed by atoms with Gasteiger partial charge in [0.25, 0.3) is 5.56 Å². The topological polar surface area (TPSA) is 117 Å². The van der Waals surface area contributed by atoms with E-state index in [-0.39, 0.29) is 23.4 Å². The average Bonchev–Trinajstić information content (AvgIpc) is 3.30. The number of halogens is 2. The Kier molecular flexibility index (Phi) is 4.61. The van der Waals surface area contributed by atoms with Crippen LogP contribution in [0, 0.1) is 12.8 Å². The number of nitrogens with zero attached hydrogens (tertiary/aromatic N) is 8. The van der Waals surface area contributed by atoms with Crippen LogP contribution in [0.15, 0.2) is 69.1 Å². The first kappa shape index (κ1) is 22.5. The van der Waals surface area contributed by atoms with Gasteiger partial charge in [-0.05, 0) is 65.6 Å². The van der Waals surface area contributed by atoms with Crippen LogP contribution >= 0.6 is 11.6 Å². The van der Waals surface area contributed by atoms with Crippen LogP contribution < -0.4 is 5.56 Å². The van der Waals surface area contributed by atoms with Gasteiger partial charge in [-0.3, -0.25) is 9.36 Å². The summed E-state index contributed by atoms with van der Waals surface area (Å²) in [6.45, 7) is 1.86. The first-order valence-electron chi connectivity index (χ1n) is 12.5. The number of hydrogen-bond acceptors (Lipinski definition) is 8. The van der Waals surface area contributed by atoms with E-state index in [2.05, 4.69) is 25.7 Å². The second-order valence-corrected chi connectivity index (χ2v) is 10.5. The summed E-state index contributed by atoms with van der Waals surface area (Å²) < 4.78 is 23.8. The molecule has 0 spiro atoms. The van der Waals surface area contributed by atoms with Gasteiger partial charge in [0.1, 0.15) is 12.2 Å². The molecule has 3 aromatic heterocycles. The van der Waals surface area contributed by atoms with Crippen LogP contribution in [-0.2, 0) is 0 Å². The zero-order chi connectivity index (χ0) is 26.4. The fourth-order valence-electron chi connectivity index (χ4n) is 5.95. The Morgan fingerprint density at radius 1 is 1.15 bits per heavy atom. The predicted molar refractivity (Wildman–Crippen MR) is 140 cm³/mol. The summed E-state index contributed by atoms with van der Waals surface area (Å²) in [6, 6.07) is 11.9. The molecule has 0 amide bonds. The van der Waals surface area contributed by atoms with Crippen LogP contribution in [0.3, 0.4) is 0 Å². The van der Waals surface area contributed by atoms with E-state index in [9.17, 15) is 4.79 Å². The Labute approximate surface area is 224 Å². The van der Waals surface area contributed by atoms with Crippen molar-refractivity contribution in [1.29, 1.82) is 0 Å². The molecule has 3 aliphatic rings. The maximum atomic E-state index is 15.2. The first-order valence-corrected chi connectivity index (χ1v) is 12.8. The maximum Gasteiger partial charge on any atom is 0.254 e. The van der Waals surface area contributed by atoms with Crippen molar-refractivity contribution in [3.05, 3.63) is 87.2 Å². The third-order valence-electron chi connectivity index (χ3n) is 7.86. The standard InChI is InChI=1S/C27H18ClFN8O2/c1-12-15-4-2-13(6-23(15)39-33-12)16-9-21(31-26(16)29)25-17-8-18(17)27-32-20(10-24(38)37(25)27)19-7-14(28)3-5-22(19)36-11-30-34-35-36/h2-7,10-11,17-18,25H,8-9H2,1H3. The van der Waals surface area contributed by atoms with E-state index in [0.717, 1.165) is 17.5 Å². The van der Waals surface area contributed by atoms with Gasteiger partial charge in [-0.1, -0.05) is 22.8 Å². The van der Waals surface area contributed by atoms with Gasteiger partial charge in [-0.15, -0.1) is 5.10 Å². The van der Waals surface area contributed by atoms with Gasteiger partial charge in [0.2, 0.25) is 5.95 Å². The molecule has 0 bridgehead atoms. The minimum atomic E-state index is -0.533. The SMILES string of the molecule is Cc1noc2cc(C3=C(F)N=C(C4C5CC5c5nc(-c6cc(Cl)ccc6-n6cnnn6)cc(=O)n54)C3)ccc12. The van der Waals surface area contributed by atoms with Crippen molar-refractivity contribution in [2.45, 2.75) is 31.7 Å². The van der Waals surface area contributed by atoms with E-state index in [1.807, 2.05) is 19.1 Å². The molecule has 0 N–H and O–H groups in total. The molecule has 8 rings (SSSR count). The molecular weight excluding hydrogens is 523 g/mol. The maximum absolute atomic E-state index is 15.2. The molecule has 2 aromatic carbocycles. The number of aliphatic imine (C=N–C) groups is 1. The van der Waals surface area contributed by atoms with Gasteiger partial charge in [0, 0.05) is 45.7 Å². The second-order valence-electron chi connectivity index (χ2n) is 10.1. The lowest BCUT2D eigenvalue weighted by atomic mass is 9.97. The van der Waals surface area contributed by atoms with Crippen molar-refractivity contribution in [3.8, 4) is 16.9 Å². The fraction of sp³-hybridized carbons (Fsp3) is 0.222. The number of allylic oxidation sites excluding steroid dienone is 1. The Morgan fingerprint density at radius 2 is 2.05 bits per heavy atom. The molecule has 3 unspecified atom stereocenters. The molecule has 0 radical (unpaired) electrons. The molecule has 2 aliphatic heterocycles. The number of hydrogen-bond donors (Lipinski definition) is 0. The summed E-state index contributed by atoms with van der Waals surface area (Å²) in [5.74, 6) is 0.421. The third kappa shape index (κ3) is 3.36. The summed E-state index contributed by atoms with van der Waals surface area (Å²) in [5.41, 5.74) is 4.75. The lowest BCUT2D eigenvalue weighted by molar-refractivity contribution is 0.450. The molecule has 39 heavy (non-hydrogen) atoms. The molecular formula is C27H18ClFN8O2. The Hall–Kier alpha value is -4.51. The number of aromatic nitrogens is 7. The van der Waals surface area contributed by atoms with Gasteiger partial charge in [-0.2, -0.15) is 9.07 Å². The highest BCUT2D eigenvalue weighted by molar-refractivity contribution is 6.31. The lowest BCUT2D eigenvalue weighted by Gasteiger charge is -2.19. The zero-order valence-electron chi connectivity index (χ0n) is 20.4. The molecule has 0 saturated heterocycles. The molecule has 5 aromatic rings. The van der Waals surface area contributed by atoms with Gasteiger partial charge in [-0.25, -0.2) is 9.98 Å². The van der Waals surface area contributed by atoms with Crippen molar-refractivity contribution in [2.75, 3.05) is 0 Å². The van der Waals surface area contributed by atoms with Crippen molar-refractivity contribution in [3.63, 3.8) is 0 Å². The van der Waals surface area contributed by atoms with Crippen LogP contribution in [0.5, 0.6) is 0 Å². The second kappa shape index (κ2) is 8.00. The summed E-state index contributed by atoms with van der Waals surface area (Å²) in [5, 5.41) is 16.8. The van der Waals surface area contributed by atoms with E-state index in [1.54, 1.807) is 28.8 Å². The van der Waals surface area contributed by atoms with Crippen LogP contribution in [0.25, 0.3) is 33.5 Å². The summed E-state index contributed by atoms with van der Waals surface area (Å²) in [4.78, 5) is 22.8. The quantitative estimate of drug-likeness (QED) is 0.300. The molecule has 1 saturated carbocycles. The zero-order valence-corrected chi connectivity index (χ0v) is 21.2.